The Bertz CT molecular complexity index is 1140. The Labute approximate surface area is 181 Å². The molecule has 3 aromatic rings. The van der Waals surface area contributed by atoms with E-state index in [4.69, 9.17) is 9.15 Å². The second-order valence-electron chi connectivity index (χ2n) is 7.28. The fourth-order valence-electron chi connectivity index (χ4n) is 2.62. The van der Waals surface area contributed by atoms with E-state index >= 15 is 0 Å². The van der Waals surface area contributed by atoms with Gasteiger partial charge in [0.1, 0.15) is 5.75 Å². The molecule has 0 aliphatic carbocycles. The van der Waals surface area contributed by atoms with Gasteiger partial charge in [-0.2, -0.15) is 0 Å². The summed E-state index contributed by atoms with van der Waals surface area (Å²) in [5.41, 5.74) is 1.70. The minimum Gasteiger partial charge on any atom is -0.484 e. The number of carbonyl (C=O) groups is 1. The summed E-state index contributed by atoms with van der Waals surface area (Å²) < 4.78 is 36.3. The van der Waals surface area contributed by atoms with Gasteiger partial charge in [0.15, 0.2) is 6.61 Å². The van der Waals surface area contributed by atoms with Crippen LogP contribution in [0.1, 0.15) is 25.3 Å². The van der Waals surface area contributed by atoms with Gasteiger partial charge in [-0.25, -0.2) is 12.7 Å². The van der Waals surface area contributed by atoms with Crippen LogP contribution in [0, 0.1) is 0 Å². The van der Waals surface area contributed by atoms with Crippen molar-refractivity contribution in [1.82, 2.24) is 14.5 Å². The number of hydrogen-bond donors (Lipinski definition) is 1. The van der Waals surface area contributed by atoms with Crippen molar-refractivity contribution >= 4 is 21.9 Å². The zero-order valence-electron chi connectivity index (χ0n) is 17.7. The highest BCUT2D eigenvalue weighted by atomic mass is 32.2. The van der Waals surface area contributed by atoms with Gasteiger partial charge >= 0.3 is 6.01 Å². The molecule has 10 heteroatoms. The first-order valence-corrected chi connectivity index (χ1v) is 11.0. The molecule has 0 aliphatic heterocycles. The van der Waals surface area contributed by atoms with Crippen LogP contribution in [0.15, 0.2) is 57.8 Å². The van der Waals surface area contributed by atoms with Crippen LogP contribution in [0.2, 0.25) is 0 Å². The van der Waals surface area contributed by atoms with Gasteiger partial charge in [0.05, 0.1) is 4.90 Å². The van der Waals surface area contributed by atoms with Crippen molar-refractivity contribution in [2.24, 2.45) is 0 Å². The molecule has 0 bridgehead atoms. The highest BCUT2D eigenvalue weighted by Crippen LogP contribution is 2.23. The Morgan fingerprint density at radius 2 is 1.71 bits per heavy atom. The third-order valence-electron chi connectivity index (χ3n) is 4.47. The maximum Gasteiger partial charge on any atom is 0.322 e. The number of rotatable bonds is 8. The molecule has 31 heavy (non-hydrogen) atoms. The van der Waals surface area contributed by atoms with E-state index < -0.39 is 15.9 Å². The second-order valence-corrected chi connectivity index (χ2v) is 9.44. The highest BCUT2D eigenvalue weighted by Gasteiger charge is 2.18. The molecule has 0 radical (unpaired) electrons. The van der Waals surface area contributed by atoms with E-state index in [2.05, 4.69) is 29.4 Å². The summed E-state index contributed by atoms with van der Waals surface area (Å²) in [7, 11) is -0.609. The molecule has 1 N–H and O–H groups in total. The average Bonchev–Trinajstić information content (AvgIpc) is 3.21. The number of carbonyl (C=O) groups excluding carboxylic acids is 1. The van der Waals surface area contributed by atoms with Crippen molar-refractivity contribution in [1.29, 1.82) is 0 Å². The number of anilines is 1. The predicted molar refractivity (Wildman–Crippen MR) is 115 cm³/mol. The Balaban J connectivity index is 1.58. The smallest absolute Gasteiger partial charge is 0.322 e. The molecule has 0 saturated carbocycles. The van der Waals surface area contributed by atoms with Crippen LogP contribution in [0.3, 0.4) is 0 Å². The third kappa shape index (κ3) is 5.47. The summed E-state index contributed by atoms with van der Waals surface area (Å²) in [5.74, 6) is 0.695. The fraction of sp³-hybridized carbons (Fsp3) is 0.286. The molecule has 0 spiro atoms. The summed E-state index contributed by atoms with van der Waals surface area (Å²) >= 11 is 0. The SMILES string of the molecule is CC(C)c1ccc(OCC(=O)Nc2nnc(-c3ccc(S(=O)(=O)N(C)C)cc3)o2)cc1. The first-order chi connectivity index (χ1) is 14.7. The van der Waals surface area contributed by atoms with E-state index in [1.807, 2.05) is 24.3 Å². The molecular weight excluding hydrogens is 420 g/mol. The van der Waals surface area contributed by atoms with E-state index in [1.54, 1.807) is 12.1 Å². The maximum atomic E-state index is 12.1. The fourth-order valence-corrected chi connectivity index (χ4v) is 3.53. The van der Waals surface area contributed by atoms with E-state index in [9.17, 15) is 13.2 Å². The van der Waals surface area contributed by atoms with E-state index in [0.717, 1.165) is 4.31 Å². The van der Waals surface area contributed by atoms with Gasteiger partial charge in [0, 0.05) is 19.7 Å². The van der Waals surface area contributed by atoms with Gasteiger partial charge in [0.25, 0.3) is 5.91 Å². The minimum absolute atomic E-state index is 0.0799. The van der Waals surface area contributed by atoms with E-state index in [-0.39, 0.29) is 23.4 Å². The van der Waals surface area contributed by atoms with Crippen molar-refractivity contribution in [2.75, 3.05) is 26.0 Å². The van der Waals surface area contributed by atoms with Crippen molar-refractivity contribution < 1.29 is 22.4 Å². The van der Waals surface area contributed by atoms with Gasteiger partial charge < -0.3 is 9.15 Å². The van der Waals surface area contributed by atoms with Gasteiger partial charge in [-0.3, -0.25) is 10.1 Å². The molecule has 1 amide bonds. The molecule has 2 aromatic carbocycles. The quantitative estimate of drug-likeness (QED) is 0.568. The topological polar surface area (TPSA) is 115 Å². The normalized spacial score (nSPS) is 11.7. The van der Waals surface area contributed by atoms with Crippen molar-refractivity contribution in [2.45, 2.75) is 24.7 Å². The molecule has 3 rings (SSSR count). The van der Waals surface area contributed by atoms with Crippen molar-refractivity contribution in [3.63, 3.8) is 0 Å². The molecule has 0 unspecified atom stereocenters. The standard InChI is InChI=1S/C21H24N4O5S/c1-14(2)15-5-9-17(10-6-15)29-13-19(26)22-21-24-23-20(30-21)16-7-11-18(12-8-16)31(27,28)25(3)4/h5-12,14H,13H2,1-4H3,(H,22,24,26). The number of ether oxygens (including phenoxy) is 1. The van der Waals surface area contributed by atoms with Crippen LogP contribution in [0.5, 0.6) is 5.75 Å². The zero-order valence-corrected chi connectivity index (χ0v) is 18.5. The number of nitrogens with one attached hydrogen (secondary N) is 1. The maximum absolute atomic E-state index is 12.1. The molecule has 164 valence electrons. The molecule has 9 nitrogen and oxygen atoms in total. The summed E-state index contributed by atoms with van der Waals surface area (Å²) in [6.07, 6.45) is 0. The summed E-state index contributed by atoms with van der Waals surface area (Å²) in [6.45, 7) is 3.99. The van der Waals surface area contributed by atoms with Crippen LogP contribution < -0.4 is 10.1 Å². The average molecular weight is 445 g/mol. The van der Waals surface area contributed by atoms with Gasteiger partial charge in [-0.05, 0) is 47.9 Å². The van der Waals surface area contributed by atoms with Gasteiger partial charge in [-0.1, -0.05) is 31.1 Å². The lowest BCUT2D eigenvalue weighted by Crippen LogP contribution is -2.22. The molecule has 0 aliphatic rings. The number of aromatic nitrogens is 2. The summed E-state index contributed by atoms with van der Waals surface area (Å²) in [6, 6.07) is 13.5. The van der Waals surface area contributed by atoms with Gasteiger partial charge in [-0.15, -0.1) is 5.10 Å². The Morgan fingerprint density at radius 3 is 2.29 bits per heavy atom. The monoisotopic (exact) mass is 444 g/mol. The van der Waals surface area contributed by atoms with Gasteiger partial charge in [0.2, 0.25) is 15.9 Å². The Kier molecular flexibility index (Phi) is 6.71. The predicted octanol–water partition coefficient (Wildman–Crippen LogP) is 3.13. The van der Waals surface area contributed by atoms with Crippen LogP contribution in [0.4, 0.5) is 6.01 Å². The van der Waals surface area contributed by atoms with Crippen molar-refractivity contribution in [3.05, 3.63) is 54.1 Å². The number of benzene rings is 2. The summed E-state index contributed by atoms with van der Waals surface area (Å²) in [5, 5.41) is 10.1. The number of amides is 1. The molecule has 1 heterocycles. The highest BCUT2D eigenvalue weighted by molar-refractivity contribution is 7.89. The number of sulfonamides is 1. The Morgan fingerprint density at radius 1 is 1.06 bits per heavy atom. The van der Waals surface area contributed by atoms with E-state index in [1.165, 1.54) is 31.8 Å². The first kappa shape index (κ1) is 22.4. The number of nitrogens with zero attached hydrogens (tertiary/aromatic N) is 3. The largest absolute Gasteiger partial charge is 0.484 e. The zero-order chi connectivity index (χ0) is 22.6. The summed E-state index contributed by atoms with van der Waals surface area (Å²) in [4.78, 5) is 12.2. The third-order valence-corrected chi connectivity index (χ3v) is 6.30. The van der Waals surface area contributed by atoms with Crippen molar-refractivity contribution in [3.8, 4) is 17.2 Å². The minimum atomic E-state index is -3.53. The molecule has 0 saturated heterocycles. The lowest BCUT2D eigenvalue weighted by Gasteiger charge is -2.11. The lowest BCUT2D eigenvalue weighted by molar-refractivity contribution is -0.118. The number of hydrogen-bond acceptors (Lipinski definition) is 7. The molecule has 1 aromatic heterocycles. The Hall–Kier alpha value is -3.24. The van der Waals surface area contributed by atoms with Crippen LogP contribution in [-0.2, 0) is 14.8 Å². The molecular formula is C21H24N4O5S. The van der Waals surface area contributed by atoms with Crippen LogP contribution in [0.25, 0.3) is 11.5 Å². The van der Waals surface area contributed by atoms with Crippen LogP contribution >= 0.6 is 0 Å². The molecule has 0 fully saturated rings. The molecule has 0 atom stereocenters. The lowest BCUT2D eigenvalue weighted by atomic mass is 10.0. The van der Waals surface area contributed by atoms with E-state index in [0.29, 0.717) is 17.2 Å². The van der Waals surface area contributed by atoms with Crippen LogP contribution in [-0.4, -0.2) is 49.5 Å². The first-order valence-electron chi connectivity index (χ1n) is 9.56. The second kappa shape index (κ2) is 9.27.